The predicted molar refractivity (Wildman–Crippen MR) is 80.6 cm³/mol. The lowest BCUT2D eigenvalue weighted by molar-refractivity contribution is 0.101. The molecule has 2 heterocycles. The molecule has 0 saturated carbocycles. The number of aromatic nitrogens is 3. The first-order valence-electron chi connectivity index (χ1n) is 6.00. The second-order valence-electron chi connectivity index (χ2n) is 4.31. The fourth-order valence-corrected chi connectivity index (χ4v) is 2.51. The molecular weight excluding hydrogens is 320 g/mol. The van der Waals surface area contributed by atoms with Gasteiger partial charge in [0.05, 0.1) is 16.2 Å². The normalized spacial score (nSPS) is 10.7. The number of amides is 1. The van der Waals surface area contributed by atoms with Crippen LogP contribution in [0.1, 0.15) is 10.5 Å². The van der Waals surface area contributed by atoms with Gasteiger partial charge < -0.3 is 5.32 Å². The van der Waals surface area contributed by atoms with Crippen LogP contribution in [0, 0.1) is 0 Å². The van der Waals surface area contributed by atoms with Crippen LogP contribution in [0.5, 0.6) is 0 Å². The van der Waals surface area contributed by atoms with Crippen LogP contribution in [-0.4, -0.2) is 20.7 Å². The SMILES string of the molecule is Cn1ncc(Br)c1C(=O)Nc1ccc2ccccc2n1. The number of hydrogen-bond donors (Lipinski definition) is 1. The summed E-state index contributed by atoms with van der Waals surface area (Å²) in [6.07, 6.45) is 1.59. The number of benzene rings is 1. The summed E-state index contributed by atoms with van der Waals surface area (Å²) in [5, 5.41) is 7.83. The Labute approximate surface area is 123 Å². The van der Waals surface area contributed by atoms with E-state index in [1.807, 2.05) is 30.3 Å². The van der Waals surface area contributed by atoms with E-state index in [1.165, 1.54) is 4.68 Å². The van der Waals surface area contributed by atoms with E-state index in [1.54, 1.807) is 19.3 Å². The maximum atomic E-state index is 12.2. The van der Waals surface area contributed by atoms with Crippen LogP contribution in [-0.2, 0) is 7.05 Å². The van der Waals surface area contributed by atoms with Crippen LogP contribution in [0.3, 0.4) is 0 Å². The molecule has 1 aromatic carbocycles. The molecule has 1 N–H and O–H groups in total. The molecule has 20 heavy (non-hydrogen) atoms. The molecule has 0 atom stereocenters. The van der Waals surface area contributed by atoms with Gasteiger partial charge in [-0.2, -0.15) is 5.10 Å². The minimum atomic E-state index is -0.250. The second kappa shape index (κ2) is 5.05. The molecule has 0 aliphatic carbocycles. The highest BCUT2D eigenvalue weighted by atomic mass is 79.9. The highest BCUT2D eigenvalue weighted by molar-refractivity contribution is 9.10. The lowest BCUT2D eigenvalue weighted by Crippen LogP contribution is -2.17. The fraction of sp³-hybridized carbons (Fsp3) is 0.0714. The lowest BCUT2D eigenvalue weighted by Gasteiger charge is -2.06. The van der Waals surface area contributed by atoms with E-state index in [2.05, 4.69) is 31.3 Å². The van der Waals surface area contributed by atoms with Gasteiger partial charge in [-0.3, -0.25) is 9.48 Å². The van der Waals surface area contributed by atoms with Crippen LogP contribution in [0.4, 0.5) is 5.82 Å². The number of carbonyl (C=O) groups excluding carboxylic acids is 1. The number of halogens is 1. The van der Waals surface area contributed by atoms with Crippen molar-refractivity contribution in [3.05, 3.63) is 52.8 Å². The highest BCUT2D eigenvalue weighted by Crippen LogP contribution is 2.18. The number of rotatable bonds is 2. The Hall–Kier alpha value is -2.21. The average molecular weight is 331 g/mol. The van der Waals surface area contributed by atoms with E-state index in [9.17, 15) is 4.79 Å². The number of pyridine rings is 1. The van der Waals surface area contributed by atoms with Gasteiger partial charge in [-0.05, 0) is 34.1 Å². The quantitative estimate of drug-likeness (QED) is 0.785. The van der Waals surface area contributed by atoms with Crippen LogP contribution in [0.15, 0.2) is 47.1 Å². The number of hydrogen-bond acceptors (Lipinski definition) is 3. The number of nitrogens with zero attached hydrogens (tertiary/aromatic N) is 3. The first kappa shape index (κ1) is 12.8. The summed E-state index contributed by atoms with van der Waals surface area (Å²) in [6.45, 7) is 0. The molecule has 6 heteroatoms. The van der Waals surface area contributed by atoms with E-state index < -0.39 is 0 Å². The number of para-hydroxylation sites is 1. The van der Waals surface area contributed by atoms with Crippen molar-refractivity contribution in [3.8, 4) is 0 Å². The summed E-state index contributed by atoms with van der Waals surface area (Å²) < 4.78 is 2.17. The molecule has 0 radical (unpaired) electrons. The first-order chi connectivity index (χ1) is 9.65. The van der Waals surface area contributed by atoms with Crippen molar-refractivity contribution >= 4 is 38.6 Å². The molecule has 0 fully saturated rings. The van der Waals surface area contributed by atoms with E-state index >= 15 is 0 Å². The molecule has 3 aromatic rings. The Bertz CT molecular complexity index is 777. The monoisotopic (exact) mass is 330 g/mol. The Morgan fingerprint density at radius 2 is 2.05 bits per heavy atom. The number of fused-ring (bicyclic) bond motifs is 1. The van der Waals surface area contributed by atoms with E-state index in [-0.39, 0.29) is 5.91 Å². The second-order valence-corrected chi connectivity index (χ2v) is 5.16. The third-order valence-corrected chi connectivity index (χ3v) is 3.53. The van der Waals surface area contributed by atoms with E-state index in [4.69, 9.17) is 0 Å². The topological polar surface area (TPSA) is 59.8 Å². The molecule has 0 saturated heterocycles. The molecule has 0 bridgehead atoms. The maximum absolute atomic E-state index is 12.2. The minimum absolute atomic E-state index is 0.250. The summed E-state index contributed by atoms with van der Waals surface area (Å²) >= 11 is 3.31. The lowest BCUT2D eigenvalue weighted by atomic mass is 10.2. The average Bonchev–Trinajstić information content (AvgIpc) is 2.78. The van der Waals surface area contributed by atoms with Crippen LogP contribution in [0.25, 0.3) is 10.9 Å². The molecular formula is C14H11BrN4O. The summed E-state index contributed by atoms with van der Waals surface area (Å²) in [4.78, 5) is 16.6. The fourth-order valence-electron chi connectivity index (χ4n) is 1.98. The van der Waals surface area contributed by atoms with E-state index in [0.29, 0.717) is 16.0 Å². The molecule has 0 unspecified atom stereocenters. The molecule has 0 aliphatic heterocycles. The van der Waals surface area contributed by atoms with Gasteiger partial charge in [0.1, 0.15) is 11.5 Å². The van der Waals surface area contributed by atoms with Crippen LogP contribution in [0.2, 0.25) is 0 Å². The van der Waals surface area contributed by atoms with Crippen molar-refractivity contribution in [2.45, 2.75) is 0 Å². The molecule has 2 aromatic heterocycles. The van der Waals surface area contributed by atoms with Gasteiger partial charge in [-0.1, -0.05) is 18.2 Å². The van der Waals surface area contributed by atoms with Gasteiger partial charge in [-0.15, -0.1) is 0 Å². The molecule has 1 amide bonds. The Balaban J connectivity index is 1.91. The zero-order chi connectivity index (χ0) is 14.1. The maximum Gasteiger partial charge on any atom is 0.276 e. The van der Waals surface area contributed by atoms with Crippen molar-refractivity contribution in [1.29, 1.82) is 0 Å². The summed E-state index contributed by atoms with van der Waals surface area (Å²) in [6, 6.07) is 11.5. The molecule has 5 nitrogen and oxygen atoms in total. The van der Waals surface area contributed by atoms with Crippen molar-refractivity contribution in [3.63, 3.8) is 0 Å². The van der Waals surface area contributed by atoms with Crippen LogP contribution < -0.4 is 5.32 Å². The molecule has 3 rings (SSSR count). The third kappa shape index (κ3) is 2.30. The third-order valence-electron chi connectivity index (χ3n) is 2.95. The zero-order valence-electron chi connectivity index (χ0n) is 10.7. The van der Waals surface area contributed by atoms with Gasteiger partial charge in [0, 0.05) is 12.4 Å². The van der Waals surface area contributed by atoms with Gasteiger partial charge in [0.2, 0.25) is 0 Å². The number of aryl methyl sites for hydroxylation is 1. The summed E-state index contributed by atoms with van der Waals surface area (Å²) in [5.41, 5.74) is 1.30. The van der Waals surface area contributed by atoms with Gasteiger partial charge in [0.15, 0.2) is 0 Å². The zero-order valence-corrected chi connectivity index (χ0v) is 12.3. The number of anilines is 1. The highest BCUT2D eigenvalue weighted by Gasteiger charge is 2.15. The smallest absolute Gasteiger partial charge is 0.276 e. The minimum Gasteiger partial charge on any atom is -0.305 e. The van der Waals surface area contributed by atoms with Gasteiger partial charge in [-0.25, -0.2) is 4.98 Å². The Morgan fingerprint density at radius 1 is 1.25 bits per heavy atom. The first-order valence-corrected chi connectivity index (χ1v) is 6.79. The van der Waals surface area contributed by atoms with Crippen molar-refractivity contribution in [2.24, 2.45) is 7.05 Å². The molecule has 100 valence electrons. The van der Waals surface area contributed by atoms with E-state index in [0.717, 1.165) is 10.9 Å². The van der Waals surface area contributed by atoms with Crippen molar-refractivity contribution in [2.75, 3.05) is 5.32 Å². The summed E-state index contributed by atoms with van der Waals surface area (Å²) in [5.74, 6) is 0.265. The van der Waals surface area contributed by atoms with Crippen LogP contribution >= 0.6 is 15.9 Å². The predicted octanol–water partition coefficient (Wildman–Crippen LogP) is 2.98. The van der Waals surface area contributed by atoms with Crippen molar-refractivity contribution < 1.29 is 4.79 Å². The van der Waals surface area contributed by atoms with Gasteiger partial charge >= 0.3 is 0 Å². The van der Waals surface area contributed by atoms with Crippen molar-refractivity contribution in [1.82, 2.24) is 14.8 Å². The standard InChI is InChI=1S/C14H11BrN4O/c1-19-13(10(15)8-16-19)14(20)18-12-7-6-9-4-2-3-5-11(9)17-12/h2-8H,1H3,(H,17,18,20). The van der Waals surface area contributed by atoms with Gasteiger partial charge in [0.25, 0.3) is 5.91 Å². The largest absolute Gasteiger partial charge is 0.305 e. The Morgan fingerprint density at radius 3 is 2.80 bits per heavy atom. The Kier molecular flexibility index (Phi) is 3.23. The molecule has 0 aliphatic rings. The number of nitrogens with one attached hydrogen (secondary N) is 1. The molecule has 0 spiro atoms. The summed E-state index contributed by atoms with van der Waals surface area (Å²) in [7, 11) is 1.72. The number of carbonyl (C=O) groups is 1.